The molecule has 0 amide bonds. The first-order valence-corrected chi connectivity index (χ1v) is 7.15. The van der Waals surface area contributed by atoms with Crippen LogP contribution in [-0.4, -0.2) is 25.5 Å². The number of hydrogen-bond donors (Lipinski definition) is 1. The second-order valence-corrected chi connectivity index (χ2v) is 5.43. The van der Waals surface area contributed by atoms with E-state index < -0.39 is 0 Å². The lowest BCUT2D eigenvalue weighted by Crippen LogP contribution is -2.30. The van der Waals surface area contributed by atoms with Gasteiger partial charge in [0, 0.05) is 19.1 Å². The van der Waals surface area contributed by atoms with Gasteiger partial charge in [-0.2, -0.15) is 0 Å². The van der Waals surface area contributed by atoms with Gasteiger partial charge >= 0.3 is 0 Å². The Morgan fingerprint density at radius 1 is 1.00 bits per heavy atom. The van der Waals surface area contributed by atoms with Gasteiger partial charge < -0.3 is 10.2 Å². The summed E-state index contributed by atoms with van der Waals surface area (Å²) < 4.78 is 0. The van der Waals surface area contributed by atoms with Gasteiger partial charge in [0.05, 0.1) is 0 Å². The van der Waals surface area contributed by atoms with Crippen molar-refractivity contribution < 1.29 is 0 Å². The molecular weight excluding hydrogens is 244 g/mol. The highest BCUT2D eigenvalue weighted by atomic mass is 15.1. The van der Waals surface area contributed by atoms with Crippen molar-refractivity contribution in [3.63, 3.8) is 0 Å². The number of likely N-dealkylation sites (N-methyl/N-ethyl adjacent to an activating group) is 2. The molecule has 2 aromatic rings. The fourth-order valence-corrected chi connectivity index (χ4v) is 2.43. The largest absolute Gasteiger partial charge is 0.312 e. The molecular formula is C18H24N2. The first-order valence-electron chi connectivity index (χ1n) is 7.15. The Morgan fingerprint density at radius 2 is 1.65 bits per heavy atom. The molecule has 0 radical (unpaired) electrons. The molecule has 20 heavy (non-hydrogen) atoms. The Hall–Kier alpha value is -1.64. The number of hydrogen-bond acceptors (Lipinski definition) is 2. The van der Waals surface area contributed by atoms with Gasteiger partial charge in [-0.05, 0) is 32.1 Å². The second-order valence-electron chi connectivity index (χ2n) is 5.43. The van der Waals surface area contributed by atoms with Crippen LogP contribution < -0.4 is 5.32 Å². The van der Waals surface area contributed by atoms with Gasteiger partial charge in [-0.25, -0.2) is 0 Å². The Morgan fingerprint density at radius 3 is 2.25 bits per heavy atom. The van der Waals surface area contributed by atoms with Crippen molar-refractivity contribution in [2.24, 2.45) is 0 Å². The minimum atomic E-state index is 0.365. The maximum Gasteiger partial charge on any atom is 0.0446 e. The minimum Gasteiger partial charge on any atom is -0.312 e. The molecule has 2 rings (SSSR count). The highest BCUT2D eigenvalue weighted by Gasteiger charge is 2.12. The lowest BCUT2D eigenvalue weighted by atomic mass is 10.0. The third-order valence-corrected chi connectivity index (χ3v) is 3.62. The van der Waals surface area contributed by atoms with E-state index in [2.05, 4.69) is 78.8 Å². The van der Waals surface area contributed by atoms with Crippen molar-refractivity contribution in [3.8, 4) is 0 Å². The van der Waals surface area contributed by atoms with Gasteiger partial charge in [-0.3, -0.25) is 0 Å². The Kier molecular flexibility index (Phi) is 5.33. The summed E-state index contributed by atoms with van der Waals surface area (Å²) in [5.41, 5.74) is 4.01. The molecule has 0 fully saturated rings. The topological polar surface area (TPSA) is 15.3 Å². The van der Waals surface area contributed by atoms with Crippen molar-refractivity contribution in [2.45, 2.75) is 19.5 Å². The number of rotatable bonds is 6. The molecule has 2 heteroatoms. The van der Waals surface area contributed by atoms with Gasteiger partial charge in [0.15, 0.2) is 0 Å². The summed E-state index contributed by atoms with van der Waals surface area (Å²) in [5, 5.41) is 3.41. The van der Waals surface area contributed by atoms with E-state index in [0.29, 0.717) is 6.04 Å². The molecule has 0 aromatic heterocycles. The van der Waals surface area contributed by atoms with Gasteiger partial charge in [0.25, 0.3) is 0 Å². The lowest BCUT2D eigenvalue weighted by Gasteiger charge is -2.24. The zero-order chi connectivity index (χ0) is 14.4. The van der Waals surface area contributed by atoms with Crippen LogP contribution in [0.3, 0.4) is 0 Å². The summed E-state index contributed by atoms with van der Waals surface area (Å²) in [6.45, 7) is 4.10. The predicted octanol–water partition coefficient (Wildman–Crippen LogP) is 3.39. The monoisotopic (exact) mass is 268 g/mol. The van der Waals surface area contributed by atoms with Crippen LogP contribution >= 0.6 is 0 Å². The Labute approximate surface area is 122 Å². The standard InChI is InChI=1S/C18H24N2/c1-15-9-11-17(12-10-15)18(19-2)14-20(3)13-16-7-5-4-6-8-16/h4-12,18-19H,13-14H2,1-3H3. The van der Waals surface area contributed by atoms with E-state index in [1.807, 2.05) is 7.05 Å². The quantitative estimate of drug-likeness (QED) is 0.864. The van der Waals surface area contributed by atoms with Crippen molar-refractivity contribution in [1.29, 1.82) is 0 Å². The van der Waals surface area contributed by atoms with Crippen LogP contribution in [0, 0.1) is 6.92 Å². The highest BCUT2D eigenvalue weighted by molar-refractivity contribution is 5.24. The maximum absolute atomic E-state index is 3.41. The van der Waals surface area contributed by atoms with E-state index in [4.69, 9.17) is 0 Å². The number of aryl methyl sites for hydroxylation is 1. The van der Waals surface area contributed by atoms with E-state index >= 15 is 0 Å². The molecule has 0 aliphatic rings. The molecule has 106 valence electrons. The van der Waals surface area contributed by atoms with Crippen LogP contribution in [0.5, 0.6) is 0 Å². The minimum absolute atomic E-state index is 0.365. The van der Waals surface area contributed by atoms with Crippen molar-refractivity contribution in [2.75, 3.05) is 20.6 Å². The fourth-order valence-electron chi connectivity index (χ4n) is 2.43. The molecule has 0 aliphatic heterocycles. The predicted molar refractivity (Wildman–Crippen MR) is 85.8 cm³/mol. The molecule has 1 atom stereocenters. The highest BCUT2D eigenvalue weighted by Crippen LogP contribution is 2.15. The Bertz CT molecular complexity index is 505. The maximum atomic E-state index is 3.41. The summed E-state index contributed by atoms with van der Waals surface area (Å²) in [7, 11) is 4.20. The van der Waals surface area contributed by atoms with Crippen LogP contribution in [0.15, 0.2) is 54.6 Å². The van der Waals surface area contributed by atoms with Crippen LogP contribution in [0.1, 0.15) is 22.7 Å². The van der Waals surface area contributed by atoms with E-state index in [1.54, 1.807) is 0 Å². The normalized spacial score (nSPS) is 12.6. The summed E-state index contributed by atoms with van der Waals surface area (Å²) in [6, 6.07) is 19.8. The summed E-state index contributed by atoms with van der Waals surface area (Å²) in [4.78, 5) is 2.36. The van der Waals surface area contributed by atoms with E-state index in [9.17, 15) is 0 Å². The van der Waals surface area contributed by atoms with Gasteiger partial charge in [0.1, 0.15) is 0 Å². The molecule has 0 saturated heterocycles. The zero-order valence-corrected chi connectivity index (χ0v) is 12.6. The summed E-state index contributed by atoms with van der Waals surface area (Å²) in [6.07, 6.45) is 0. The van der Waals surface area contributed by atoms with E-state index in [1.165, 1.54) is 16.7 Å². The molecule has 0 spiro atoms. The van der Waals surface area contributed by atoms with E-state index in [0.717, 1.165) is 13.1 Å². The van der Waals surface area contributed by atoms with Gasteiger partial charge in [-0.15, -0.1) is 0 Å². The third kappa shape index (κ3) is 4.19. The first kappa shape index (κ1) is 14.8. The zero-order valence-electron chi connectivity index (χ0n) is 12.6. The van der Waals surface area contributed by atoms with Gasteiger partial charge in [-0.1, -0.05) is 60.2 Å². The molecule has 0 heterocycles. The summed E-state index contributed by atoms with van der Waals surface area (Å²) >= 11 is 0. The molecule has 2 aromatic carbocycles. The molecule has 1 N–H and O–H groups in total. The fraction of sp³-hybridized carbons (Fsp3) is 0.333. The molecule has 0 aliphatic carbocycles. The molecule has 1 unspecified atom stereocenters. The Balaban J connectivity index is 1.97. The summed E-state index contributed by atoms with van der Waals surface area (Å²) in [5.74, 6) is 0. The van der Waals surface area contributed by atoms with Gasteiger partial charge in [0.2, 0.25) is 0 Å². The average molecular weight is 268 g/mol. The number of benzene rings is 2. The first-order chi connectivity index (χ1) is 9.69. The second kappa shape index (κ2) is 7.22. The van der Waals surface area contributed by atoms with Crippen molar-refractivity contribution in [1.82, 2.24) is 10.2 Å². The lowest BCUT2D eigenvalue weighted by molar-refractivity contribution is 0.289. The third-order valence-electron chi connectivity index (χ3n) is 3.62. The number of nitrogens with one attached hydrogen (secondary N) is 1. The van der Waals surface area contributed by atoms with Crippen molar-refractivity contribution >= 4 is 0 Å². The van der Waals surface area contributed by atoms with Crippen molar-refractivity contribution in [3.05, 3.63) is 71.3 Å². The van der Waals surface area contributed by atoms with Crippen LogP contribution in [0.2, 0.25) is 0 Å². The van der Waals surface area contributed by atoms with Crippen LogP contribution in [0.4, 0.5) is 0 Å². The van der Waals surface area contributed by atoms with Crippen LogP contribution in [-0.2, 0) is 6.54 Å². The van der Waals surface area contributed by atoms with Crippen LogP contribution in [0.25, 0.3) is 0 Å². The van der Waals surface area contributed by atoms with E-state index in [-0.39, 0.29) is 0 Å². The average Bonchev–Trinajstić information content (AvgIpc) is 2.47. The molecule has 2 nitrogen and oxygen atoms in total. The smallest absolute Gasteiger partial charge is 0.0446 e. The molecule has 0 saturated carbocycles. The molecule has 0 bridgehead atoms. The number of nitrogens with zero attached hydrogens (tertiary/aromatic N) is 1. The SMILES string of the molecule is CNC(CN(C)Cc1ccccc1)c1ccc(C)cc1.